The molecule has 2 aliphatic rings. The van der Waals surface area contributed by atoms with E-state index in [1.807, 2.05) is 11.0 Å². The fourth-order valence-corrected chi connectivity index (χ4v) is 4.82. The van der Waals surface area contributed by atoms with Gasteiger partial charge < -0.3 is 20.4 Å². The highest BCUT2D eigenvalue weighted by molar-refractivity contribution is 6.35. The van der Waals surface area contributed by atoms with Crippen LogP contribution >= 0.6 is 11.6 Å². The molecule has 12 heteroatoms. The van der Waals surface area contributed by atoms with Crippen LogP contribution in [0.25, 0.3) is 10.9 Å². The van der Waals surface area contributed by atoms with Crippen LogP contribution in [0.4, 0.5) is 19.0 Å². The maximum atomic E-state index is 12.9. The van der Waals surface area contributed by atoms with Crippen LogP contribution in [0.1, 0.15) is 55.3 Å². The Morgan fingerprint density at radius 1 is 1.03 bits per heavy atom. The van der Waals surface area contributed by atoms with Gasteiger partial charge in [-0.2, -0.15) is 13.2 Å². The van der Waals surface area contributed by atoms with E-state index in [0.29, 0.717) is 52.7 Å². The van der Waals surface area contributed by atoms with Crippen molar-refractivity contribution >= 4 is 46.2 Å². The molecule has 8 nitrogen and oxygen atoms in total. The molecule has 0 unspecified atom stereocenters. The van der Waals surface area contributed by atoms with Crippen LogP contribution in [0.2, 0.25) is 5.02 Å². The molecule has 196 valence electrons. The quantitative estimate of drug-likeness (QED) is 0.504. The molecule has 1 aromatic carbocycles. The Bertz CT molecular complexity index is 1120. The number of halogens is 4. The van der Waals surface area contributed by atoms with Gasteiger partial charge in [0.05, 0.1) is 16.1 Å². The van der Waals surface area contributed by atoms with Gasteiger partial charge in [-0.1, -0.05) is 30.9 Å². The number of benzene rings is 1. The molecule has 1 aliphatic carbocycles. The van der Waals surface area contributed by atoms with Crippen LogP contribution in [-0.4, -0.2) is 58.4 Å². The summed E-state index contributed by atoms with van der Waals surface area (Å²) in [6.07, 6.45) is 2.43. The number of hydrogen-bond donors (Lipinski definition) is 3. The van der Waals surface area contributed by atoms with Gasteiger partial charge in [0.2, 0.25) is 0 Å². The minimum absolute atomic E-state index is 0.176. The average molecular weight is 530 g/mol. The lowest BCUT2D eigenvalue weighted by Gasteiger charge is -2.23. The van der Waals surface area contributed by atoms with Gasteiger partial charge in [0.25, 0.3) is 5.91 Å². The standard InChI is InChI=1S/C22H26ClN3O3.C2HF3O2/c23-16-9-10-17-15(20(16)21(27)24-13-14-5-2-1-3-6-14)8-11-19(25-17)26-12-4-7-18(26)22(28)29;3-2(4,5)1(6)7/h8-11,14,18H,1-7,12-13H2,(H,24,27)(H,28,29);(H,6,7)/t18-;/m0./s1. The van der Waals surface area contributed by atoms with Gasteiger partial charge in [-0.05, 0) is 55.9 Å². The van der Waals surface area contributed by atoms with Gasteiger partial charge in [-0.25, -0.2) is 14.6 Å². The van der Waals surface area contributed by atoms with E-state index in [4.69, 9.17) is 21.5 Å². The van der Waals surface area contributed by atoms with Crippen LogP contribution in [-0.2, 0) is 9.59 Å². The van der Waals surface area contributed by atoms with E-state index < -0.39 is 24.2 Å². The molecule has 2 heterocycles. The highest BCUT2D eigenvalue weighted by Gasteiger charge is 2.38. The van der Waals surface area contributed by atoms with Crippen molar-refractivity contribution in [3.63, 3.8) is 0 Å². The van der Waals surface area contributed by atoms with E-state index in [-0.39, 0.29) is 5.91 Å². The molecule has 2 fully saturated rings. The zero-order chi connectivity index (χ0) is 26.5. The molecule has 1 amide bonds. The normalized spacial score (nSPS) is 18.4. The molecule has 0 spiro atoms. The van der Waals surface area contributed by atoms with Crippen LogP contribution in [0, 0.1) is 5.92 Å². The maximum absolute atomic E-state index is 12.9. The summed E-state index contributed by atoms with van der Waals surface area (Å²) >= 11 is 6.37. The maximum Gasteiger partial charge on any atom is 0.490 e. The lowest BCUT2D eigenvalue weighted by Crippen LogP contribution is -2.36. The van der Waals surface area contributed by atoms with Crippen molar-refractivity contribution in [3.05, 3.63) is 34.9 Å². The van der Waals surface area contributed by atoms with Crippen LogP contribution in [0.15, 0.2) is 24.3 Å². The molecule has 1 atom stereocenters. The second-order valence-electron chi connectivity index (χ2n) is 8.87. The number of rotatable bonds is 5. The number of alkyl halides is 3. The first-order valence-electron chi connectivity index (χ1n) is 11.7. The Hall–Kier alpha value is -3.08. The second kappa shape index (κ2) is 11.8. The number of fused-ring (bicyclic) bond motifs is 1. The molecule has 0 radical (unpaired) electrons. The van der Waals surface area contributed by atoms with E-state index in [1.165, 1.54) is 19.3 Å². The summed E-state index contributed by atoms with van der Waals surface area (Å²) in [7, 11) is 0. The van der Waals surface area contributed by atoms with E-state index in [2.05, 4.69) is 10.3 Å². The summed E-state index contributed by atoms with van der Waals surface area (Å²) in [5.41, 5.74) is 1.08. The van der Waals surface area contributed by atoms with Gasteiger partial charge in [-0.3, -0.25) is 4.79 Å². The SMILES string of the molecule is O=C(NCC1CCCCC1)c1c(Cl)ccc2nc(N3CCC[C@H]3C(=O)O)ccc12.O=C(O)C(F)(F)F. The summed E-state index contributed by atoms with van der Waals surface area (Å²) < 4.78 is 31.7. The number of carbonyl (C=O) groups is 3. The van der Waals surface area contributed by atoms with Crippen molar-refractivity contribution < 1.29 is 37.8 Å². The zero-order valence-electron chi connectivity index (χ0n) is 19.4. The molecule has 0 bridgehead atoms. The number of aromatic nitrogens is 1. The highest BCUT2D eigenvalue weighted by atomic mass is 35.5. The number of carboxylic acid groups (broad SMARTS) is 2. The molecular formula is C24H27ClF3N3O5. The molecule has 2 aromatic rings. The van der Waals surface area contributed by atoms with Gasteiger partial charge in [0, 0.05) is 18.5 Å². The molecule has 4 rings (SSSR count). The summed E-state index contributed by atoms with van der Waals surface area (Å²) in [5, 5.41) is 20.7. The van der Waals surface area contributed by atoms with E-state index >= 15 is 0 Å². The first-order valence-corrected chi connectivity index (χ1v) is 12.0. The molecule has 3 N–H and O–H groups in total. The number of pyridine rings is 1. The van der Waals surface area contributed by atoms with Gasteiger partial charge in [-0.15, -0.1) is 0 Å². The van der Waals surface area contributed by atoms with Gasteiger partial charge in [0.15, 0.2) is 0 Å². The number of aliphatic carboxylic acids is 2. The van der Waals surface area contributed by atoms with E-state index in [0.717, 1.165) is 19.3 Å². The largest absolute Gasteiger partial charge is 0.490 e. The van der Waals surface area contributed by atoms with Crippen molar-refractivity contribution in [3.8, 4) is 0 Å². The van der Waals surface area contributed by atoms with Crippen molar-refractivity contribution in [2.45, 2.75) is 57.2 Å². The summed E-state index contributed by atoms with van der Waals surface area (Å²) in [6.45, 7) is 1.34. The predicted octanol–water partition coefficient (Wildman–Crippen LogP) is 4.89. The fourth-order valence-electron chi connectivity index (χ4n) is 4.57. The number of amides is 1. The Labute approximate surface area is 210 Å². The van der Waals surface area contributed by atoms with Crippen LogP contribution in [0.3, 0.4) is 0 Å². The Balaban J connectivity index is 0.000000454. The molecule has 36 heavy (non-hydrogen) atoms. The van der Waals surface area contributed by atoms with E-state index in [9.17, 15) is 27.9 Å². The lowest BCUT2D eigenvalue weighted by atomic mass is 9.89. The molecule has 1 aromatic heterocycles. The van der Waals surface area contributed by atoms with Gasteiger partial charge in [0.1, 0.15) is 11.9 Å². The number of nitrogens with one attached hydrogen (secondary N) is 1. The monoisotopic (exact) mass is 529 g/mol. The fraction of sp³-hybridized carbons (Fsp3) is 0.500. The summed E-state index contributed by atoms with van der Waals surface area (Å²) in [4.78, 5) is 39.8. The Morgan fingerprint density at radius 2 is 1.69 bits per heavy atom. The first-order chi connectivity index (χ1) is 17.0. The third-order valence-electron chi connectivity index (χ3n) is 6.38. The summed E-state index contributed by atoms with van der Waals surface area (Å²) in [5.74, 6) is -2.60. The number of hydrogen-bond acceptors (Lipinski definition) is 5. The molecule has 1 saturated carbocycles. The number of carbonyl (C=O) groups excluding carboxylic acids is 1. The average Bonchev–Trinajstić information content (AvgIpc) is 3.33. The highest BCUT2D eigenvalue weighted by Crippen LogP contribution is 2.30. The first kappa shape index (κ1) is 27.5. The number of anilines is 1. The van der Waals surface area contributed by atoms with Gasteiger partial charge >= 0.3 is 18.1 Å². The smallest absolute Gasteiger partial charge is 0.480 e. The van der Waals surface area contributed by atoms with Crippen LogP contribution in [0.5, 0.6) is 0 Å². The van der Waals surface area contributed by atoms with Crippen molar-refractivity contribution in [1.29, 1.82) is 0 Å². The summed E-state index contributed by atoms with van der Waals surface area (Å²) in [6, 6.07) is 6.54. The zero-order valence-corrected chi connectivity index (χ0v) is 20.1. The number of carboxylic acids is 2. The topological polar surface area (TPSA) is 120 Å². The van der Waals surface area contributed by atoms with E-state index in [1.54, 1.807) is 18.2 Å². The Morgan fingerprint density at radius 3 is 2.31 bits per heavy atom. The molecule has 1 aliphatic heterocycles. The van der Waals surface area contributed by atoms with Crippen molar-refractivity contribution in [2.24, 2.45) is 5.92 Å². The second-order valence-corrected chi connectivity index (χ2v) is 9.27. The lowest BCUT2D eigenvalue weighted by molar-refractivity contribution is -0.192. The number of nitrogens with zero attached hydrogens (tertiary/aromatic N) is 2. The van der Waals surface area contributed by atoms with Crippen molar-refractivity contribution in [2.75, 3.05) is 18.0 Å². The third-order valence-corrected chi connectivity index (χ3v) is 6.70. The molecular weight excluding hydrogens is 503 g/mol. The Kier molecular flexibility index (Phi) is 8.99. The predicted molar refractivity (Wildman–Crippen MR) is 127 cm³/mol. The van der Waals surface area contributed by atoms with Crippen molar-refractivity contribution in [1.82, 2.24) is 10.3 Å². The minimum atomic E-state index is -5.08. The molecule has 1 saturated heterocycles. The van der Waals surface area contributed by atoms with Crippen LogP contribution < -0.4 is 10.2 Å². The third kappa shape index (κ3) is 6.77. The minimum Gasteiger partial charge on any atom is -0.480 e.